The summed E-state index contributed by atoms with van der Waals surface area (Å²) in [5, 5.41) is 0. The van der Waals surface area contributed by atoms with E-state index in [0.29, 0.717) is 0 Å². The second-order valence-electron chi connectivity index (χ2n) is 4.44. The number of hydrogen-bond donors (Lipinski definition) is 0. The maximum Gasteiger partial charge on any atom is 2.00 e. The van der Waals surface area contributed by atoms with Crippen LogP contribution in [0.1, 0.15) is 31.7 Å². The predicted molar refractivity (Wildman–Crippen MR) is 79.7 cm³/mol. The molecule has 0 radical (unpaired) electrons. The standard InChI is InChI=1S/C17H19.BrH.Mg/c1-2-3-5-8-15-11-13-17(14-12-15)16-9-6-4-7-10-16;;/h6-7,9-14H,2-3,5,8H2,1H3;1H;/q-1;;+2/p-1. The van der Waals surface area contributed by atoms with Crippen LogP contribution in [-0.2, 0) is 6.42 Å². The maximum absolute atomic E-state index is 3.05. The molecule has 0 amide bonds. The van der Waals surface area contributed by atoms with Gasteiger partial charge in [-0.1, -0.05) is 44.0 Å². The van der Waals surface area contributed by atoms with Crippen LogP contribution in [0.2, 0.25) is 0 Å². The van der Waals surface area contributed by atoms with Gasteiger partial charge in [-0.3, -0.25) is 0 Å². The van der Waals surface area contributed by atoms with E-state index in [-0.39, 0.29) is 40.0 Å². The van der Waals surface area contributed by atoms with Gasteiger partial charge in [-0.05, 0) is 24.0 Å². The Morgan fingerprint density at radius 2 is 1.42 bits per heavy atom. The van der Waals surface area contributed by atoms with E-state index in [4.69, 9.17) is 0 Å². The topological polar surface area (TPSA) is 0 Å². The monoisotopic (exact) mass is 326 g/mol. The molecule has 0 unspecified atom stereocenters. The van der Waals surface area contributed by atoms with Gasteiger partial charge in [-0.25, -0.2) is 0 Å². The summed E-state index contributed by atoms with van der Waals surface area (Å²) >= 11 is 0. The molecule has 2 aromatic carbocycles. The van der Waals surface area contributed by atoms with Crippen LogP contribution in [0.5, 0.6) is 0 Å². The molecular weight excluding hydrogens is 308 g/mol. The van der Waals surface area contributed by atoms with Crippen molar-refractivity contribution in [1.29, 1.82) is 0 Å². The molecule has 0 saturated heterocycles. The van der Waals surface area contributed by atoms with Crippen LogP contribution in [0.15, 0.2) is 48.5 Å². The molecule has 0 aliphatic carbocycles. The smallest absolute Gasteiger partial charge is 1.00 e. The summed E-state index contributed by atoms with van der Waals surface area (Å²) in [6, 6.07) is 20.1. The van der Waals surface area contributed by atoms with Crippen molar-refractivity contribution in [1.82, 2.24) is 0 Å². The van der Waals surface area contributed by atoms with Crippen LogP contribution in [0.4, 0.5) is 0 Å². The van der Waals surface area contributed by atoms with Crippen molar-refractivity contribution >= 4 is 23.1 Å². The molecule has 0 aliphatic rings. The summed E-state index contributed by atoms with van der Waals surface area (Å²) < 4.78 is 0. The quantitative estimate of drug-likeness (QED) is 0.444. The normalized spacial score (nSPS) is 9.32. The first-order chi connectivity index (χ1) is 8.40. The van der Waals surface area contributed by atoms with Gasteiger partial charge in [-0.2, -0.15) is 30.3 Å². The number of benzene rings is 2. The van der Waals surface area contributed by atoms with Crippen molar-refractivity contribution < 1.29 is 17.0 Å². The van der Waals surface area contributed by atoms with E-state index in [1.54, 1.807) is 0 Å². The van der Waals surface area contributed by atoms with Crippen LogP contribution in [-0.4, -0.2) is 23.1 Å². The van der Waals surface area contributed by atoms with E-state index >= 15 is 0 Å². The summed E-state index contributed by atoms with van der Waals surface area (Å²) in [6.45, 7) is 2.25. The molecule has 0 atom stereocenters. The van der Waals surface area contributed by atoms with E-state index in [0.717, 1.165) is 0 Å². The Balaban J connectivity index is 0.00000162. The third kappa shape index (κ3) is 6.11. The Morgan fingerprint density at radius 3 is 2.00 bits per heavy atom. The van der Waals surface area contributed by atoms with Crippen LogP contribution < -0.4 is 17.0 Å². The second kappa shape index (κ2) is 10.5. The zero-order chi connectivity index (χ0) is 11.9. The van der Waals surface area contributed by atoms with Crippen molar-refractivity contribution in [2.45, 2.75) is 32.6 Å². The Hall–Kier alpha value is -0.314. The summed E-state index contributed by atoms with van der Waals surface area (Å²) in [5.41, 5.74) is 4.01. The fraction of sp³-hybridized carbons (Fsp3) is 0.294. The van der Waals surface area contributed by atoms with Crippen molar-refractivity contribution in [3.8, 4) is 11.1 Å². The Kier molecular flexibility index (Phi) is 10.3. The average Bonchev–Trinajstić information content (AvgIpc) is 2.41. The third-order valence-corrected chi connectivity index (χ3v) is 3.07. The van der Waals surface area contributed by atoms with Gasteiger partial charge in [-0.15, -0.1) is 5.56 Å². The second-order valence-corrected chi connectivity index (χ2v) is 4.44. The number of aryl methyl sites for hydroxylation is 1. The molecule has 0 heterocycles. The molecule has 0 aliphatic heterocycles. The van der Waals surface area contributed by atoms with Gasteiger partial charge in [0.05, 0.1) is 0 Å². The minimum Gasteiger partial charge on any atom is -1.00 e. The SMILES string of the molecule is CCCCCc1ccc(-c2cc[c-]cc2)cc1.[Br-].[Mg+2]. The van der Waals surface area contributed by atoms with E-state index in [9.17, 15) is 0 Å². The fourth-order valence-electron chi connectivity index (χ4n) is 2.02. The summed E-state index contributed by atoms with van der Waals surface area (Å²) in [6.07, 6.45) is 5.13. The van der Waals surface area contributed by atoms with Gasteiger partial charge in [0, 0.05) is 0 Å². The molecule has 0 nitrogen and oxygen atoms in total. The number of rotatable bonds is 5. The number of halogens is 1. The molecule has 0 N–H and O–H groups in total. The molecule has 19 heavy (non-hydrogen) atoms. The Morgan fingerprint density at radius 1 is 0.842 bits per heavy atom. The molecule has 2 aromatic rings. The van der Waals surface area contributed by atoms with Crippen molar-refractivity contribution in [3.05, 3.63) is 60.2 Å². The van der Waals surface area contributed by atoms with Gasteiger partial charge in [0.1, 0.15) is 0 Å². The Labute approximate surface area is 143 Å². The number of hydrogen-bond acceptors (Lipinski definition) is 0. The molecule has 0 saturated carbocycles. The molecule has 0 fully saturated rings. The molecule has 96 valence electrons. The van der Waals surface area contributed by atoms with E-state index in [1.807, 2.05) is 12.1 Å². The molecule has 0 spiro atoms. The first-order valence-electron chi connectivity index (χ1n) is 6.45. The van der Waals surface area contributed by atoms with Crippen molar-refractivity contribution in [3.63, 3.8) is 0 Å². The molecule has 0 bridgehead atoms. The summed E-state index contributed by atoms with van der Waals surface area (Å²) in [7, 11) is 0. The van der Waals surface area contributed by atoms with E-state index in [2.05, 4.69) is 49.4 Å². The number of unbranched alkanes of at least 4 members (excludes halogenated alkanes) is 2. The average molecular weight is 328 g/mol. The summed E-state index contributed by atoms with van der Waals surface area (Å²) in [4.78, 5) is 0. The maximum atomic E-state index is 3.05. The predicted octanol–water partition coefficient (Wildman–Crippen LogP) is 1.51. The van der Waals surface area contributed by atoms with Gasteiger partial charge in [0.2, 0.25) is 0 Å². The van der Waals surface area contributed by atoms with Gasteiger partial charge in [0.15, 0.2) is 0 Å². The van der Waals surface area contributed by atoms with E-state index < -0.39 is 0 Å². The molecule has 2 heteroatoms. The van der Waals surface area contributed by atoms with Crippen molar-refractivity contribution in [2.75, 3.05) is 0 Å². The minimum atomic E-state index is 0. The first kappa shape index (κ1) is 18.7. The minimum absolute atomic E-state index is 0. The van der Waals surface area contributed by atoms with Crippen molar-refractivity contribution in [2.24, 2.45) is 0 Å². The Bertz CT molecular complexity index is 437. The van der Waals surface area contributed by atoms with Crippen LogP contribution >= 0.6 is 0 Å². The van der Waals surface area contributed by atoms with Crippen LogP contribution in [0.3, 0.4) is 0 Å². The third-order valence-electron chi connectivity index (χ3n) is 3.07. The molecular formula is C17H19BrMg. The van der Waals surface area contributed by atoms with E-state index in [1.165, 1.54) is 42.4 Å². The van der Waals surface area contributed by atoms with Crippen LogP contribution in [0, 0.1) is 6.07 Å². The van der Waals surface area contributed by atoms with Crippen LogP contribution in [0.25, 0.3) is 11.1 Å². The van der Waals surface area contributed by atoms with Gasteiger partial charge in [0.25, 0.3) is 0 Å². The molecule has 2 rings (SSSR count). The first-order valence-corrected chi connectivity index (χ1v) is 6.45. The zero-order valence-electron chi connectivity index (χ0n) is 11.5. The molecule has 0 aromatic heterocycles. The van der Waals surface area contributed by atoms with Gasteiger partial charge < -0.3 is 17.0 Å². The zero-order valence-corrected chi connectivity index (χ0v) is 14.5. The summed E-state index contributed by atoms with van der Waals surface area (Å²) in [5.74, 6) is 0. The van der Waals surface area contributed by atoms with Gasteiger partial charge >= 0.3 is 23.1 Å². The largest absolute Gasteiger partial charge is 2.00 e. The fourth-order valence-corrected chi connectivity index (χ4v) is 2.02.